The van der Waals surface area contributed by atoms with Gasteiger partial charge in [0.05, 0.1) is 33.8 Å². The van der Waals surface area contributed by atoms with E-state index in [4.69, 9.17) is 15.5 Å². The Labute approximate surface area is 232 Å². The Balaban J connectivity index is 1.68. The Hall–Kier alpha value is -4.09. The molecule has 0 unspecified atom stereocenters. The highest BCUT2D eigenvalue weighted by Gasteiger charge is 2.26. The Morgan fingerprint density at radius 2 is 1.59 bits per heavy atom. The van der Waals surface area contributed by atoms with Gasteiger partial charge in [-0.1, -0.05) is 47.7 Å². The molecule has 4 aromatic rings. The molecule has 0 atom stereocenters. The van der Waals surface area contributed by atoms with Crippen molar-refractivity contribution >= 4 is 42.6 Å². The zero-order chi connectivity index (χ0) is 28.0. The van der Waals surface area contributed by atoms with Gasteiger partial charge in [-0.25, -0.2) is 13.4 Å². The van der Waals surface area contributed by atoms with E-state index in [9.17, 15) is 13.2 Å². The van der Waals surface area contributed by atoms with Crippen molar-refractivity contribution in [2.45, 2.75) is 38.1 Å². The molecule has 1 aromatic heterocycles. The molecule has 0 aliphatic carbocycles. The van der Waals surface area contributed by atoms with Gasteiger partial charge in [0.25, 0.3) is 5.91 Å². The summed E-state index contributed by atoms with van der Waals surface area (Å²) < 4.78 is 28.5. The molecule has 0 fully saturated rings. The number of nitriles is 2. The highest BCUT2D eigenvalue weighted by Crippen LogP contribution is 2.33. The third kappa shape index (κ3) is 6.32. The number of anilines is 1. The summed E-state index contributed by atoms with van der Waals surface area (Å²) in [4.78, 5) is 20.2. The number of benzene rings is 3. The maximum absolute atomic E-state index is 13.8. The molecule has 0 aliphatic heterocycles. The molecular formula is C29H27N5O3S2. The third-order valence-electron chi connectivity index (χ3n) is 6.16. The summed E-state index contributed by atoms with van der Waals surface area (Å²) >= 11 is 1.44. The number of hydrogen-bond acceptors (Lipinski definition) is 7. The van der Waals surface area contributed by atoms with Gasteiger partial charge >= 0.3 is 0 Å². The average Bonchev–Trinajstić information content (AvgIpc) is 3.36. The van der Waals surface area contributed by atoms with Gasteiger partial charge in [-0.2, -0.15) is 14.8 Å². The van der Waals surface area contributed by atoms with E-state index < -0.39 is 10.0 Å². The highest BCUT2D eigenvalue weighted by molar-refractivity contribution is 7.89. The molecule has 0 aliphatic rings. The number of fused-ring (bicyclic) bond motifs is 1. The number of carbonyl (C=O) groups is 1. The predicted molar refractivity (Wildman–Crippen MR) is 152 cm³/mol. The first-order valence-corrected chi connectivity index (χ1v) is 14.6. The number of rotatable bonds is 10. The minimum Gasteiger partial charge on any atom is -0.279 e. The average molecular weight is 558 g/mol. The van der Waals surface area contributed by atoms with E-state index in [0.717, 1.165) is 31.2 Å². The van der Waals surface area contributed by atoms with Gasteiger partial charge in [-0.3, -0.25) is 9.69 Å². The molecule has 198 valence electrons. The van der Waals surface area contributed by atoms with Crippen LogP contribution in [-0.2, 0) is 16.6 Å². The second kappa shape index (κ2) is 12.2. The number of thiazole rings is 1. The van der Waals surface area contributed by atoms with Crippen molar-refractivity contribution in [3.63, 3.8) is 0 Å². The van der Waals surface area contributed by atoms with Crippen LogP contribution in [0.3, 0.4) is 0 Å². The van der Waals surface area contributed by atoms with Gasteiger partial charge in [0, 0.05) is 31.5 Å². The number of sulfonamides is 1. The number of carbonyl (C=O) groups excluding carboxylic acids is 1. The van der Waals surface area contributed by atoms with E-state index >= 15 is 0 Å². The highest BCUT2D eigenvalue weighted by atomic mass is 32.2. The second-order valence-corrected chi connectivity index (χ2v) is 12.0. The molecule has 4 rings (SSSR count). The SMILES string of the molecule is Cc1cc(C)c2nc(N(Cc3ccccc3)C(=O)c3ccc(S(=O)(=O)N(CCC#N)CCC#N)cc3)sc2c1. The van der Waals surface area contributed by atoms with Gasteiger partial charge in [0.1, 0.15) is 0 Å². The summed E-state index contributed by atoms with van der Waals surface area (Å²) in [6, 6.07) is 23.4. The largest absolute Gasteiger partial charge is 0.279 e. The first-order chi connectivity index (χ1) is 18.7. The van der Waals surface area contributed by atoms with E-state index in [1.807, 2.05) is 56.3 Å². The Kier molecular flexibility index (Phi) is 8.72. The summed E-state index contributed by atoms with van der Waals surface area (Å²) in [5.41, 5.74) is 4.25. The van der Waals surface area contributed by atoms with Gasteiger partial charge in [-0.15, -0.1) is 0 Å². The Morgan fingerprint density at radius 1 is 0.949 bits per heavy atom. The van der Waals surface area contributed by atoms with Crippen LogP contribution in [0.25, 0.3) is 10.2 Å². The minimum atomic E-state index is -3.94. The molecular weight excluding hydrogens is 530 g/mol. The molecule has 1 amide bonds. The molecule has 3 aromatic carbocycles. The van der Waals surface area contributed by atoms with Crippen molar-refractivity contribution < 1.29 is 13.2 Å². The van der Waals surface area contributed by atoms with Crippen molar-refractivity contribution in [1.29, 1.82) is 10.5 Å². The maximum atomic E-state index is 13.8. The van der Waals surface area contributed by atoms with Gasteiger partial charge in [0.2, 0.25) is 10.0 Å². The quantitative estimate of drug-likeness (QED) is 0.251. The lowest BCUT2D eigenvalue weighted by Crippen LogP contribution is -2.33. The number of hydrogen-bond donors (Lipinski definition) is 0. The maximum Gasteiger partial charge on any atom is 0.260 e. The van der Waals surface area contributed by atoms with Crippen LogP contribution in [0.15, 0.2) is 71.6 Å². The van der Waals surface area contributed by atoms with E-state index in [-0.39, 0.29) is 36.7 Å². The lowest BCUT2D eigenvalue weighted by molar-refractivity contribution is 0.0985. The zero-order valence-corrected chi connectivity index (χ0v) is 23.3. The molecule has 1 heterocycles. The summed E-state index contributed by atoms with van der Waals surface area (Å²) in [5.74, 6) is -0.304. The fourth-order valence-electron chi connectivity index (χ4n) is 4.24. The van der Waals surface area contributed by atoms with Gasteiger partial charge in [0.15, 0.2) is 5.13 Å². The van der Waals surface area contributed by atoms with Crippen LogP contribution in [0.1, 0.15) is 39.9 Å². The van der Waals surface area contributed by atoms with Crippen molar-refractivity contribution in [2.75, 3.05) is 18.0 Å². The lowest BCUT2D eigenvalue weighted by Gasteiger charge is -2.21. The summed E-state index contributed by atoms with van der Waals surface area (Å²) in [6.45, 7) is 4.30. The first-order valence-electron chi connectivity index (χ1n) is 12.3. The first kappa shape index (κ1) is 27.9. The van der Waals surface area contributed by atoms with E-state index in [0.29, 0.717) is 17.2 Å². The minimum absolute atomic E-state index is 0.00405. The van der Waals surface area contributed by atoms with Crippen LogP contribution in [-0.4, -0.2) is 36.7 Å². The van der Waals surface area contributed by atoms with Crippen LogP contribution >= 0.6 is 11.3 Å². The van der Waals surface area contributed by atoms with Crippen LogP contribution in [0.2, 0.25) is 0 Å². The fourth-order valence-corrected chi connectivity index (χ4v) is 6.82. The van der Waals surface area contributed by atoms with Crippen LogP contribution < -0.4 is 4.90 Å². The smallest absolute Gasteiger partial charge is 0.260 e. The van der Waals surface area contributed by atoms with Crippen molar-refractivity contribution in [3.05, 3.63) is 89.0 Å². The number of nitrogens with zero attached hydrogens (tertiary/aromatic N) is 5. The van der Waals surface area contributed by atoms with Crippen LogP contribution in [0.5, 0.6) is 0 Å². The van der Waals surface area contributed by atoms with E-state index in [2.05, 4.69) is 12.1 Å². The Morgan fingerprint density at radius 3 is 2.21 bits per heavy atom. The van der Waals surface area contributed by atoms with E-state index in [1.165, 1.54) is 35.6 Å². The topological polar surface area (TPSA) is 118 Å². The van der Waals surface area contributed by atoms with Crippen LogP contribution in [0, 0.1) is 36.5 Å². The Bertz CT molecular complexity index is 1650. The molecule has 10 heteroatoms. The predicted octanol–water partition coefficient (Wildman–Crippen LogP) is 5.58. The molecule has 0 saturated carbocycles. The molecule has 0 radical (unpaired) electrons. The molecule has 8 nitrogen and oxygen atoms in total. The molecule has 39 heavy (non-hydrogen) atoms. The number of aryl methyl sites for hydroxylation is 2. The second-order valence-electron chi connectivity index (χ2n) is 9.05. The number of amides is 1. The van der Waals surface area contributed by atoms with Crippen molar-refractivity contribution in [3.8, 4) is 12.1 Å². The standard InChI is InChI=1S/C29H27N5O3S2/c1-21-18-22(2)27-26(19-21)38-29(32-27)34(20-23-8-4-3-5-9-23)28(35)24-10-12-25(13-11-24)39(36,37)33(16-6-14-30)17-7-15-31/h3-5,8-13,18-19H,6-7,16-17,20H2,1-2H3. The summed E-state index contributed by atoms with van der Waals surface area (Å²) in [5, 5.41) is 18.4. The normalized spacial score (nSPS) is 11.3. The zero-order valence-electron chi connectivity index (χ0n) is 21.7. The third-order valence-corrected chi connectivity index (χ3v) is 9.10. The van der Waals surface area contributed by atoms with Gasteiger partial charge < -0.3 is 0 Å². The van der Waals surface area contributed by atoms with Crippen molar-refractivity contribution in [2.24, 2.45) is 0 Å². The molecule has 0 spiro atoms. The molecule has 0 saturated heterocycles. The van der Waals surface area contributed by atoms with Gasteiger partial charge in [-0.05, 0) is 60.9 Å². The summed E-state index contributed by atoms with van der Waals surface area (Å²) in [6.07, 6.45) is 0.0215. The molecule has 0 N–H and O–H groups in total. The number of aromatic nitrogens is 1. The van der Waals surface area contributed by atoms with Crippen molar-refractivity contribution in [1.82, 2.24) is 9.29 Å². The van der Waals surface area contributed by atoms with E-state index in [1.54, 1.807) is 4.90 Å². The fraction of sp³-hybridized carbons (Fsp3) is 0.241. The summed E-state index contributed by atoms with van der Waals surface area (Å²) in [7, 11) is -3.94. The lowest BCUT2D eigenvalue weighted by atomic mass is 10.1. The monoisotopic (exact) mass is 557 g/mol. The molecule has 0 bridgehead atoms. The van der Waals surface area contributed by atoms with Crippen LogP contribution in [0.4, 0.5) is 5.13 Å².